The standard InChI is InChI=1S/C23H29NO5/c1-15-14-17(27-6)12-13-18(15)19-10-8-9-11-20(19)24(16(2)21(25)28-7)22(26)29-23(3,4)5/h8-14,16H,1-7H3/t16-/m0/s1. The molecular formula is C23H29NO5. The van der Waals surface area contributed by atoms with Crippen molar-refractivity contribution in [1.82, 2.24) is 0 Å². The minimum Gasteiger partial charge on any atom is -0.497 e. The summed E-state index contributed by atoms with van der Waals surface area (Å²) >= 11 is 0. The van der Waals surface area contributed by atoms with E-state index in [2.05, 4.69) is 0 Å². The highest BCUT2D eigenvalue weighted by molar-refractivity contribution is 5.99. The first-order valence-corrected chi connectivity index (χ1v) is 9.43. The molecule has 0 N–H and O–H groups in total. The van der Waals surface area contributed by atoms with E-state index in [1.807, 2.05) is 43.3 Å². The molecule has 2 aromatic carbocycles. The van der Waals surface area contributed by atoms with Gasteiger partial charge in [-0.1, -0.05) is 24.3 Å². The Hall–Kier alpha value is -3.02. The van der Waals surface area contributed by atoms with Crippen LogP contribution in [0, 0.1) is 6.92 Å². The van der Waals surface area contributed by atoms with Gasteiger partial charge in [-0.2, -0.15) is 0 Å². The Morgan fingerprint density at radius 3 is 2.21 bits per heavy atom. The predicted octanol–water partition coefficient (Wildman–Crippen LogP) is 4.97. The monoisotopic (exact) mass is 399 g/mol. The average Bonchev–Trinajstić information content (AvgIpc) is 2.66. The van der Waals surface area contributed by atoms with Gasteiger partial charge in [0.2, 0.25) is 0 Å². The van der Waals surface area contributed by atoms with Gasteiger partial charge in [-0.25, -0.2) is 9.59 Å². The number of amides is 1. The van der Waals surface area contributed by atoms with Gasteiger partial charge in [-0.05, 0) is 63.9 Å². The van der Waals surface area contributed by atoms with Crippen LogP contribution >= 0.6 is 0 Å². The number of para-hydroxylation sites is 1. The highest BCUT2D eigenvalue weighted by Crippen LogP contribution is 2.36. The van der Waals surface area contributed by atoms with E-state index < -0.39 is 23.7 Å². The number of esters is 1. The molecule has 2 rings (SSSR count). The number of carbonyl (C=O) groups excluding carboxylic acids is 2. The van der Waals surface area contributed by atoms with Gasteiger partial charge in [-0.15, -0.1) is 0 Å². The van der Waals surface area contributed by atoms with Gasteiger partial charge in [-0.3, -0.25) is 4.90 Å². The topological polar surface area (TPSA) is 65.1 Å². The highest BCUT2D eigenvalue weighted by atomic mass is 16.6. The quantitative estimate of drug-likeness (QED) is 0.664. The van der Waals surface area contributed by atoms with E-state index in [0.717, 1.165) is 22.4 Å². The molecule has 6 nitrogen and oxygen atoms in total. The fraction of sp³-hybridized carbons (Fsp3) is 0.391. The molecule has 0 unspecified atom stereocenters. The molecule has 0 aliphatic rings. The second-order valence-electron chi connectivity index (χ2n) is 7.75. The van der Waals surface area contributed by atoms with Gasteiger partial charge in [0.15, 0.2) is 0 Å². The number of rotatable bonds is 5. The number of anilines is 1. The van der Waals surface area contributed by atoms with Crippen LogP contribution in [0.3, 0.4) is 0 Å². The van der Waals surface area contributed by atoms with Gasteiger partial charge >= 0.3 is 12.1 Å². The number of carbonyl (C=O) groups is 2. The summed E-state index contributed by atoms with van der Waals surface area (Å²) in [6.07, 6.45) is -0.617. The smallest absolute Gasteiger partial charge is 0.415 e. The van der Waals surface area contributed by atoms with Crippen LogP contribution in [0.5, 0.6) is 5.75 Å². The lowest BCUT2D eigenvalue weighted by Crippen LogP contribution is -2.46. The number of benzene rings is 2. The molecule has 0 saturated heterocycles. The van der Waals surface area contributed by atoms with Crippen LogP contribution < -0.4 is 9.64 Å². The van der Waals surface area contributed by atoms with Gasteiger partial charge in [0.1, 0.15) is 17.4 Å². The second kappa shape index (κ2) is 8.99. The van der Waals surface area contributed by atoms with Crippen molar-refractivity contribution < 1.29 is 23.8 Å². The van der Waals surface area contributed by atoms with Crippen LogP contribution in [-0.4, -0.2) is 37.9 Å². The molecule has 1 atom stereocenters. The zero-order valence-corrected chi connectivity index (χ0v) is 18.1. The number of hydrogen-bond acceptors (Lipinski definition) is 5. The van der Waals surface area contributed by atoms with Crippen molar-refractivity contribution in [3.63, 3.8) is 0 Å². The van der Waals surface area contributed by atoms with Crippen LogP contribution in [0.4, 0.5) is 10.5 Å². The van der Waals surface area contributed by atoms with E-state index in [0.29, 0.717) is 5.69 Å². The molecule has 0 aromatic heterocycles. The maximum absolute atomic E-state index is 13.1. The Morgan fingerprint density at radius 1 is 1.00 bits per heavy atom. The number of nitrogens with zero attached hydrogens (tertiary/aromatic N) is 1. The predicted molar refractivity (Wildman–Crippen MR) is 113 cm³/mol. The second-order valence-corrected chi connectivity index (χ2v) is 7.75. The third-order valence-electron chi connectivity index (χ3n) is 4.41. The van der Waals surface area contributed by atoms with Crippen LogP contribution in [0.25, 0.3) is 11.1 Å². The van der Waals surface area contributed by atoms with E-state index in [1.165, 1.54) is 12.0 Å². The molecule has 0 saturated carbocycles. The molecule has 0 aliphatic carbocycles. The van der Waals surface area contributed by atoms with Crippen molar-refractivity contribution in [3.05, 3.63) is 48.0 Å². The summed E-state index contributed by atoms with van der Waals surface area (Å²) in [4.78, 5) is 26.7. The number of methoxy groups -OCH3 is 2. The minimum atomic E-state index is -0.866. The summed E-state index contributed by atoms with van der Waals surface area (Å²) in [5, 5.41) is 0. The van der Waals surface area contributed by atoms with E-state index >= 15 is 0 Å². The summed E-state index contributed by atoms with van der Waals surface area (Å²) in [6.45, 7) is 8.94. The molecule has 1 amide bonds. The summed E-state index contributed by atoms with van der Waals surface area (Å²) in [7, 11) is 2.91. The van der Waals surface area contributed by atoms with Crippen molar-refractivity contribution >= 4 is 17.7 Å². The summed E-state index contributed by atoms with van der Waals surface area (Å²) < 4.78 is 15.8. The Balaban J connectivity index is 2.63. The van der Waals surface area contributed by atoms with E-state index in [9.17, 15) is 9.59 Å². The molecule has 0 aliphatic heterocycles. The molecule has 0 heterocycles. The Bertz CT molecular complexity index is 885. The van der Waals surface area contributed by atoms with Crippen LogP contribution in [-0.2, 0) is 14.3 Å². The normalized spacial score (nSPS) is 12.1. The molecule has 6 heteroatoms. The van der Waals surface area contributed by atoms with Gasteiger partial charge in [0.25, 0.3) is 0 Å². The SMILES string of the molecule is COC(=O)[C@H](C)N(C(=O)OC(C)(C)C)c1ccccc1-c1ccc(OC)cc1C. The molecule has 2 aromatic rings. The minimum absolute atomic E-state index is 0.530. The molecule has 0 radical (unpaired) electrons. The lowest BCUT2D eigenvalue weighted by atomic mass is 9.97. The fourth-order valence-electron chi connectivity index (χ4n) is 3.03. The molecule has 156 valence electrons. The summed E-state index contributed by atoms with van der Waals surface area (Å²) in [6, 6.07) is 12.3. The number of ether oxygens (including phenoxy) is 3. The lowest BCUT2D eigenvalue weighted by Gasteiger charge is -2.32. The first-order chi connectivity index (χ1) is 13.6. The van der Waals surface area contributed by atoms with E-state index in [4.69, 9.17) is 14.2 Å². The Morgan fingerprint density at radius 2 is 1.66 bits per heavy atom. The molecule has 29 heavy (non-hydrogen) atoms. The third kappa shape index (κ3) is 5.28. The van der Waals surface area contributed by atoms with Crippen molar-refractivity contribution in [1.29, 1.82) is 0 Å². The van der Waals surface area contributed by atoms with E-state index in [1.54, 1.807) is 40.9 Å². The lowest BCUT2D eigenvalue weighted by molar-refractivity contribution is -0.141. The molecule has 0 fully saturated rings. The van der Waals surface area contributed by atoms with Crippen LogP contribution in [0.1, 0.15) is 33.3 Å². The van der Waals surface area contributed by atoms with E-state index in [-0.39, 0.29) is 0 Å². The number of hydrogen-bond donors (Lipinski definition) is 0. The maximum Gasteiger partial charge on any atom is 0.415 e. The zero-order valence-electron chi connectivity index (χ0n) is 18.1. The maximum atomic E-state index is 13.1. The zero-order chi connectivity index (χ0) is 21.8. The Kier molecular flexibility index (Phi) is 6.90. The largest absolute Gasteiger partial charge is 0.497 e. The Labute approximate surface area is 172 Å². The van der Waals surface area contributed by atoms with Gasteiger partial charge < -0.3 is 14.2 Å². The molecular weight excluding hydrogens is 370 g/mol. The van der Waals surface area contributed by atoms with Crippen molar-refractivity contribution in [2.75, 3.05) is 19.1 Å². The first kappa shape index (κ1) is 22.3. The van der Waals surface area contributed by atoms with Crippen molar-refractivity contribution in [2.45, 2.75) is 46.3 Å². The van der Waals surface area contributed by atoms with Crippen LogP contribution in [0.2, 0.25) is 0 Å². The molecule has 0 bridgehead atoms. The van der Waals surface area contributed by atoms with Crippen molar-refractivity contribution in [2.24, 2.45) is 0 Å². The third-order valence-corrected chi connectivity index (χ3v) is 4.41. The fourth-order valence-corrected chi connectivity index (χ4v) is 3.03. The van der Waals surface area contributed by atoms with Gasteiger partial charge in [0.05, 0.1) is 19.9 Å². The summed E-state index contributed by atoms with van der Waals surface area (Å²) in [5.41, 5.74) is 2.55. The van der Waals surface area contributed by atoms with Crippen LogP contribution in [0.15, 0.2) is 42.5 Å². The highest BCUT2D eigenvalue weighted by Gasteiger charge is 2.33. The average molecular weight is 399 g/mol. The van der Waals surface area contributed by atoms with Gasteiger partial charge in [0, 0.05) is 5.56 Å². The first-order valence-electron chi connectivity index (χ1n) is 9.43. The number of aryl methyl sites for hydroxylation is 1. The van der Waals surface area contributed by atoms with Crippen molar-refractivity contribution in [3.8, 4) is 16.9 Å². The molecule has 0 spiro atoms. The summed E-state index contributed by atoms with van der Waals surface area (Å²) in [5.74, 6) is 0.216.